The lowest BCUT2D eigenvalue weighted by molar-refractivity contribution is -0.256. The van der Waals surface area contributed by atoms with Gasteiger partial charge in [0, 0.05) is 5.56 Å². The molecule has 0 aliphatic carbocycles. The number of carbonyl (C=O) groups excluding carboxylic acids is 1. The highest BCUT2D eigenvalue weighted by Gasteiger charge is 2.55. The Kier molecular flexibility index (Phi) is 5.97. The van der Waals surface area contributed by atoms with Crippen molar-refractivity contribution in [1.29, 1.82) is 0 Å². The number of amides is 1. The molecule has 4 rings (SSSR count). The lowest BCUT2D eigenvalue weighted by Gasteiger charge is -2.32. The average molecular weight is 411 g/mol. The topological polar surface area (TPSA) is 57.2 Å². The molecule has 1 saturated heterocycles. The molecule has 2 aliphatic heterocycles. The van der Waals surface area contributed by atoms with Crippen molar-refractivity contribution in [3.8, 4) is 11.5 Å². The first kappa shape index (κ1) is 20.7. The van der Waals surface area contributed by atoms with Crippen molar-refractivity contribution in [1.82, 2.24) is 0 Å². The third kappa shape index (κ3) is 3.55. The second-order valence-electron chi connectivity index (χ2n) is 7.72. The van der Waals surface area contributed by atoms with E-state index in [4.69, 9.17) is 18.9 Å². The maximum absolute atomic E-state index is 13.5. The Morgan fingerprint density at radius 1 is 1.13 bits per heavy atom. The van der Waals surface area contributed by atoms with Crippen molar-refractivity contribution in [3.63, 3.8) is 0 Å². The zero-order chi connectivity index (χ0) is 21.1. The molecule has 0 saturated carbocycles. The number of nitrogens with zero attached hydrogens (tertiary/aromatic N) is 1. The normalized spacial score (nSPS) is 17.3. The van der Waals surface area contributed by atoms with Gasteiger partial charge >= 0.3 is 0 Å². The lowest BCUT2D eigenvalue weighted by atomic mass is 10.0. The molecule has 30 heavy (non-hydrogen) atoms. The number of unbranched alkanes of at least 4 members (excludes halogenated alkanes) is 1. The van der Waals surface area contributed by atoms with Crippen molar-refractivity contribution in [2.24, 2.45) is 0 Å². The summed E-state index contributed by atoms with van der Waals surface area (Å²) in [6, 6.07) is 11.7. The molecule has 0 aromatic heterocycles. The van der Waals surface area contributed by atoms with E-state index in [0.717, 1.165) is 47.4 Å². The molecule has 0 radical (unpaired) electrons. The molecule has 2 aliphatic rings. The Labute approximate surface area is 177 Å². The first-order valence-corrected chi connectivity index (χ1v) is 10.6. The fraction of sp³-hybridized carbons (Fsp3) is 0.458. The van der Waals surface area contributed by atoms with Gasteiger partial charge in [0.15, 0.2) is 11.5 Å². The minimum Gasteiger partial charge on any atom is -0.493 e. The number of para-hydroxylation sites is 1. The van der Waals surface area contributed by atoms with E-state index in [1.165, 1.54) is 0 Å². The highest BCUT2D eigenvalue weighted by atomic mass is 16.7. The summed E-state index contributed by atoms with van der Waals surface area (Å²) in [5, 5.41) is 0. The molecule has 6 nitrogen and oxygen atoms in total. The van der Waals surface area contributed by atoms with Crippen LogP contribution in [-0.2, 0) is 26.6 Å². The molecule has 1 spiro atoms. The van der Waals surface area contributed by atoms with Crippen LogP contribution in [0, 0.1) is 6.92 Å². The third-order valence-corrected chi connectivity index (χ3v) is 5.61. The Morgan fingerprint density at radius 3 is 2.67 bits per heavy atom. The van der Waals surface area contributed by atoms with Gasteiger partial charge in [0.2, 0.25) is 0 Å². The van der Waals surface area contributed by atoms with E-state index in [1.807, 2.05) is 43.3 Å². The van der Waals surface area contributed by atoms with E-state index in [0.29, 0.717) is 32.1 Å². The highest BCUT2D eigenvalue weighted by Crippen LogP contribution is 2.47. The van der Waals surface area contributed by atoms with Crippen LogP contribution in [0.2, 0.25) is 0 Å². The number of anilines is 1. The maximum atomic E-state index is 13.5. The van der Waals surface area contributed by atoms with Gasteiger partial charge < -0.3 is 23.8 Å². The number of hydrogen-bond donors (Lipinski definition) is 0. The van der Waals surface area contributed by atoms with Crippen LogP contribution in [0.1, 0.15) is 42.9 Å². The lowest BCUT2D eigenvalue weighted by Crippen LogP contribution is -2.47. The standard InChI is InChI=1S/C24H29NO5/c1-4-5-12-28-20-11-10-18(15-21(20)27-3)16-25-22-17(2)8-6-9-19(22)24(23(25)26)29-13-7-14-30-24/h6,8-11,15H,4-5,7,12-14,16H2,1-3H3. The van der Waals surface area contributed by atoms with Gasteiger partial charge in [-0.1, -0.05) is 37.6 Å². The average Bonchev–Trinajstić information content (AvgIpc) is 2.99. The molecule has 6 heteroatoms. The summed E-state index contributed by atoms with van der Waals surface area (Å²) >= 11 is 0. The molecular weight excluding hydrogens is 382 g/mol. The van der Waals surface area contributed by atoms with Crippen molar-refractivity contribution >= 4 is 11.6 Å². The number of benzene rings is 2. The number of hydrogen-bond acceptors (Lipinski definition) is 5. The third-order valence-electron chi connectivity index (χ3n) is 5.61. The monoisotopic (exact) mass is 411 g/mol. The van der Waals surface area contributed by atoms with Crippen LogP contribution in [-0.4, -0.2) is 32.8 Å². The van der Waals surface area contributed by atoms with E-state index in [9.17, 15) is 4.79 Å². The van der Waals surface area contributed by atoms with Crippen molar-refractivity contribution in [2.75, 3.05) is 31.8 Å². The zero-order valence-corrected chi connectivity index (χ0v) is 17.9. The summed E-state index contributed by atoms with van der Waals surface area (Å²) in [5.41, 5.74) is 3.62. The summed E-state index contributed by atoms with van der Waals surface area (Å²) < 4.78 is 23.3. The number of fused-ring (bicyclic) bond motifs is 2. The number of rotatable bonds is 7. The first-order valence-electron chi connectivity index (χ1n) is 10.6. The van der Waals surface area contributed by atoms with Crippen LogP contribution in [0.4, 0.5) is 5.69 Å². The molecule has 160 valence electrons. The van der Waals surface area contributed by atoms with E-state index in [1.54, 1.807) is 12.0 Å². The number of aryl methyl sites for hydroxylation is 1. The first-order chi connectivity index (χ1) is 14.6. The molecule has 1 fully saturated rings. The van der Waals surface area contributed by atoms with Crippen LogP contribution in [0.3, 0.4) is 0 Å². The smallest absolute Gasteiger partial charge is 0.292 e. The Bertz CT molecular complexity index is 920. The Hall–Kier alpha value is -2.57. The van der Waals surface area contributed by atoms with Crippen LogP contribution in [0.25, 0.3) is 0 Å². The number of methoxy groups -OCH3 is 1. The van der Waals surface area contributed by atoms with Crippen molar-refractivity contribution < 1.29 is 23.7 Å². The zero-order valence-electron chi connectivity index (χ0n) is 17.9. The Morgan fingerprint density at radius 2 is 1.93 bits per heavy atom. The van der Waals surface area contributed by atoms with Gasteiger partial charge in [0.1, 0.15) is 0 Å². The number of ether oxygens (including phenoxy) is 4. The molecule has 0 N–H and O–H groups in total. The molecule has 2 aromatic carbocycles. The SMILES string of the molecule is CCCCOc1ccc(CN2C(=O)C3(OCCCO3)c3cccc(C)c32)cc1OC. The predicted octanol–water partition coefficient (Wildman–Crippen LogP) is 4.32. The Balaban J connectivity index is 1.64. The second kappa shape index (κ2) is 8.66. The van der Waals surface area contributed by atoms with E-state index in [-0.39, 0.29) is 5.91 Å². The molecule has 2 aromatic rings. The van der Waals surface area contributed by atoms with Crippen LogP contribution in [0.5, 0.6) is 11.5 Å². The largest absolute Gasteiger partial charge is 0.493 e. The summed E-state index contributed by atoms with van der Waals surface area (Å²) in [4.78, 5) is 15.3. The van der Waals surface area contributed by atoms with E-state index in [2.05, 4.69) is 6.92 Å². The highest BCUT2D eigenvalue weighted by molar-refractivity contribution is 6.06. The number of carbonyl (C=O) groups is 1. The maximum Gasteiger partial charge on any atom is 0.292 e. The summed E-state index contributed by atoms with van der Waals surface area (Å²) in [6.07, 6.45) is 2.85. The second-order valence-corrected chi connectivity index (χ2v) is 7.72. The van der Waals surface area contributed by atoms with E-state index < -0.39 is 5.79 Å². The molecule has 1 amide bonds. The minimum atomic E-state index is -1.33. The van der Waals surface area contributed by atoms with Crippen molar-refractivity contribution in [3.05, 3.63) is 53.1 Å². The fourth-order valence-electron chi connectivity index (χ4n) is 4.08. The van der Waals surface area contributed by atoms with E-state index >= 15 is 0 Å². The fourth-order valence-corrected chi connectivity index (χ4v) is 4.08. The van der Waals surface area contributed by atoms with Crippen LogP contribution < -0.4 is 14.4 Å². The quantitative estimate of drug-likeness (QED) is 0.635. The van der Waals surface area contributed by atoms with Gasteiger partial charge in [0.25, 0.3) is 11.7 Å². The predicted molar refractivity (Wildman–Crippen MR) is 114 cm³/mol. The summed E-state index contributed by atoms with van der Waals surface area (Å²) in [5.74, 6) is -0.115. The summed E-state index contributed by atoms with van der Waals surface area (Å²) in [6.45, 7) is 6.20. The summed E-state index contributed by atoms with van der Waals surface area (Å²) in [7, 11) is 1.63. The van der Waals surface area contributed by atoms with Gasteiger partial charge in [-0.25, -0.2) is 0 Å². The van der Waals surface area contributed by atoms with Gasteiger partial charge in [-0.2, -0.15) is 0 Å². The molecule has 0 unspecified atom stereocenters. The molecular formula is C24H29NO5. The molecule has 0 bridgehead atoms. The van der Waals surface area contributed by atoms with Crippen LogP contribution in [0.15, 0.2) is 36.4 Å². The minimum absolute atomic E-state index is 0.172. The molecule has 2 heterocycles. The van der Waals surface area contributed by atoms with Gasteiger partial charge in [-0.05, 0) is 43.0 Å². The van der Waals surface area contributed by atoms with Crippen molar-refractivity contribution in [2.45, 2.75) is 45.4 Å². The van der Waals surface area contributed by atoms with Gasteiger partial charge in [-0.15, -0.1) is 0 Å². The van der Waals surface area contributed by atoms with Gasteiger partial charge in [-0.3, -0.25) is 4.79 Å². The van der Waals surface area contributed by atoms with Crippen LogP contribution >= 0.6 is 0 Å². The van der Waals surface area contributed by atoms with Gasteiger partial charge in [0.05, 0.1) is 39.2 Å². The molecule has 0 atom stereocenters.